The van der Waals surface area contributed by atoms with Gasteiger partial charge in [-0.2, -0.15) is 0 Å². The van der Waals surface area contributed by atoms with E-state index in [4.69, 9.17) is 10.5 Å². The van der Waals surface area contributed by atoms with E-state index in [1.165, 1.54) is 17.3 Å². The number of hydrogen-bond donors (Lipinski definition) is 1. The van der Waals surface area contributed by atoms with Gasteiger partial charge in [-0.3, -0.25) is 0 Å². The van der Waals surface area contributed by atoms with Crippen LogP contribution in [0.1, 0.15) is 29.8 Å². The molecule has 0 saturated heterocycles. The molecule has 0 unspecified atom stereocenters. The highest BCUT2D eigenvalue weighted by Crippen LogP contribution is 2.26. The third-order valence-electron chi connectivity index (χ3n) is 4.21. The maximum absolute atomic E-state index is 5.83. The van der Waals surface area contributed by atoms with E-state index in [-0.39, 0.29) is 5.92 Å². The Kier molecular flexibility index (Phi) is 5.65. The summed E-state index contributed by atoms with van der Waals surface area (Å²) >= 11 is 0. The van der Waals surface area contributed by atoms with Crippen LogP contribution in [0.25, 0.3) is 0 Å². The fraction of sp³-hybridized carbons (Fsp3) is 0.500. The average molecular weight is 332 g/mol. The number of rotatable bonds is 7. The SMILES string of the molecule is Cc1c([C@H](C)c2ccc(N)cc2)ncn1COCC[Si](C)(C)C. The largest absolute Gasteiger partial charge is 0.399 e. The van der Waals surface area contributed by atoms with Crippen LogP contribution in [-0.4, -0.2) is 24.2 Å². The average Bonchev–Trinajstić information content (AvgIpc) is 2.84. The zero-order valence-corrected chi connectivity index (χ0v) is 16.0. The molecule has 0 radical (unpaired) electrons. The van der Waals surface area contributed by atoms with Crippen LogP contribution in [0, 0.1) is 6.92 Å². The fourth-order valence-electron chi connectivity index (χ4n) is 2.50. The first-order chi connectivity index (χ1) is 10.8. The van der Waals surface area contributed by atoms with Crippen molar-refractivity contribution < 1.29 is 4.74 Å². The summed E-state index contributed by atoms with van der Waals surface area (Å²) in [5, 5.41) is 0. The van der Waals surface area contributed by atoms with Crippen molar-refractivity contribution >= 4 is 13.8 Å². The van der Waals surface area contributed by atoms with Gasteiger partial charge < -0.3 is 15.0 Å². The van der Waals surface area contributed by atoms with Crippen LogP contribution >= 0.6 is 0 Å². The predicted molar refractivity (Wildman–Crippen MR) is 99.4 cm³/mol. The van der Waals surface area contributed by atoms with Crippen LogP contribution in [0.3, 0.4) is 0 Å². The Bertz CT molecular complexity index is 629. The van der Waals surface area contributed by atoms with Gasteiger partial charge >= 0.3 is 0 Å². The summed E-state index contributed by atoms with van der Waals surface area (Å²) in [5.74, 6) is 0.249. The van der Waals surface area contributed by atoms with Crippen molar-refractivity contribution in [3.63, 3.8) is 0 Å². The molecule has 0 aliphatic heterocycles. The minimum Gasteiger partial charge on any atom is -0.399 e. The first-order valence-corrected chi connectivity index (χ1v) is 11.9. The second-order valence-electron chi connectivity index (χ2n) is 7.42. The van der Waals surface area contributed by atoms with Gasteiger partial charge in [0.05, 0.1) is 12.0 Å². The Morgan fingerprint density at radius 1 is 1.22 bits per heavy atom. The van der Waals surface area contributed by atoms with Gasteiger partial charge in [0.2, 0.25) is 0 Å². The molecule has 0 saturated carbocycles. The first kappa shape index (κ1) is 17.8. The van der Waals surface area contributed by atoms with Crippen molar-refractivity contribution in [2.75, 3.05) is 12.3 Å². The molecule has 0 fully saturated rings. The van der Waals surface area contributed by atoms with E-state index < -0.39 is 8.07 Å². The molecular weight excluding hydrogens is 302 g/mol. The van der Waals surface area contributed by atoms with Gasteiger partial charge in [-0.05, 0) is 30.7 Å². The van der Waals surface area contributed by atoms with E-state index in [9.17, 15) is 0 Å². The lowest BCUT2D eigenvalue weighted by molar-refractivity contribution is 0.0858. The Morgan fingerprint density at radius 2 is 1.87 bits per heavy atom. The van der Waals surface area contributed by atoms with Gasteiger partial charge in [0, 0.05) is 32.0 Å². The lowest BCUT2D eigenvalue weighted by Gasteiger charge is -2.16. The Morgan fingerprint density at radius 3 is 2.48 bits per heavy atom. The van der Waals surface area contributed by atoms with Crippen molar-refractivity contribution in [2.24, 2.45) is 0 Å². The van der Waals surface area contributed by atoms with Crippen molar-refractivity contribution in [3.8, 4) is 0 Å². The third-order valence-corrected chi connectivity index (χ3v) is 5.92. The molecule has 1 aromatic carbocycles. The number of anilines is 1. The summed E-state index contributed by atoms with van der Waals surface area (Å²) in [6.07, 6.45) is 1.88. The summed E-state index contributed by atoms with van der Waals surface area (Å²) in [6.45, 7) is 12.8. The van der Waals surface area contributed by atoms with Crippen molar-refractivity contribution in [1.82, 2.24) is 9.55 Å². The molecule has 2 aromatic rings. The molecule has 1 heterocycles. The van der Waals surface area contributed by atoms with E-state index in [2.05, 4.69) is 55.2 Å². The molecule has 1 aromatic heterocycles. The second kappa shape index (κ2) is 7.32. The molecule has 0 amide bonds. The number of nitrogens with zero attached hydrogens (tertiary/aromatic N) is 2. The van der Waals surface area contributed by atoms with Crippen LogP contribution in [0.4, 0.5) is 5.69 Å². The van der Waals surface area contributed by atoms with Crippen molar-refractivity contribution in [2.45, 2.75) is 52.2 Å². The summed E-state index contributed by atoms with van der Waals surface area (Å²) in [6, 6.07) is 9.22. The quantitative estimate of drug-likeness (QED) is 0.469. The minimum absolute atomic E-state index is 0.249. The van der Waals surface area contributed by atoms with Crippen LogP contribution in [0.2, 0.25) is 25.7 Å². The molecule has 2 N–H and O–H groups in total. The van der Waals surface area contributed by atoms with Crippen LogP contribution < -0.4 is 5.73 Å². The number of aromatic nitrogens is 2. The first-order valence-electron chi connectivity index (χ1n) is 8.23. The molecule has 0 spiro atoms. The van der Waals surface area contributed by atoms with Gasteiger partial charge in [-0.25, -0.2) is 4.98 Å². The standard InChI is InChI=1S/C18H29N3OSi/c1-14(16-6-8-17(19)9-7-16)18-15(2)21(12-20-18)13-22-10-11-23(3,4)5/h6-9,12,14H,10-11,13,19H2,1-5H3/t14-/m1/s1. The molecule has 2 rings (SSSR count). The van der Waals surface area contributed by atoms with Gasteiger partial charge in [0.1, 0.15) is 6.73 Å². The summed E-state index contributed by atoms with van der Waals surface area (Å²) < 4.78 is 7.92. The maximum Gasteiger partial charge on any atom is 0.123 e. The molecule has 4 nitrogen and oxygen atoms in total. The van der Waals surface area contributed by atoms with Gasteiger partial charge in [-0.15, -0.1) is 0 Å². The van der Waals surface area contributed by atoms with E-state index in [0.717, 1.165) is 18.0 Å². The van der Waals surface area contributed by atoms with Gasteiger partial charge in [0.15, 0.2) is 0 Å². The molecule has 5 heteroatoms. The van der Waals surface area contributed by atoms with E-state index >= 15 is 0 Å². The molecular formula is C18H29N3OSi. The lowest BCUT2D eigenvalue weighted by Crippen LogP contribution is -2.22. The number of ether oxygens (including phenoxy) is 1. The highest BCUT2D eigenvalue weighted by molar-refractivity contribution is 6.76. The monoisotopic (exact) mass is 331 g/mol. The number of benzene rings is 1. The number of hydrogen-bond acceptors (Lipinski definition) is 3. The maximum atomic E-state index is 5.83. The Hall–Kier alpha value is -1.59. The van der Waals surface area contributed by atoms with Crippen molar-refractivity contribution in [1.29, 1.82) is 0 Å². The molecule has 1 atom stereocenters. The highest BCUT2D eigenvalue weighted by Gasteiger charge is 2.16. The fourth-order valence-corrected chi connectivity index (χ4v) is 3.25. The molecule has 0 aliphatic rings. The Labute approximate surface area is 140 Å². The van der Waals surface area contributed by atoms with E-state index in [1.54, 1.807) is 0 Å². The van der Waals surface area contributed by atoms with E-state index in [0.29, 0.717) is 6.73 Å². The normalized spacial score (nSPS) is 13.3. The molecule has 0 aliphatic carbocycles. The van der Waals surface area contributed by atoms with E-state index in [1.807, 2.05) is 18.5 Å². The summed E-state index contributed by atoms with van der Waals surface area (Å²) in [7, 11) is -1.03. The van der Waals surface area contributed by atoms with Crippen LogP contribution in [0.5, 0.6) is 0 Å². The minimum atomic E-state index is -1.03. The van der Waals surface area contributed by atoms with Gasteiger partial charge in [0.25, 0.3) is 0 Å². The van der Waals surface area contributed by atoms with Gasteiger partial charge in [-0.1, -0.05) is 38.7 Å². The lowest BCUT2D eigenvalue weighted by atomic mass is 9.96. The molecule has 126 valence electrons. The Balaban J connectivity index is 1.99. The highest BCUT2D eigenvalue weighted by atomic mass is 28.3. The molecule has 0 bridgehead atoms. The third kappa shape index (κ3) is 4.94. The van der Waals surface area contributed by atoms with Crippen LogP contribution in [-0.2, 0) is 11.5 Å². The number of imidazole rings is 1. The predicted octanol–water partition coefficient (Wildman–Crippen LogP) is 4.24. The van der Waals surface area contributed by atoms with Crippen LogP contribution in [0.15, 0.2) is 30.6 Å². The molecule has 23 heavy (non-hydrogen) atoms. The number of nitrogen functional groups attached to an aromatic ring is 1. The smallest absolute Gasteiger partial charge is 0.123 e. The van der Waals surface area contributed by atoms with Crippen molar-refractivity contribution in [3.05, 3.63) is 47.5 Å². The zero-order valence-electron chi connectivity index (χ0n) is 15.0. The second-order valence-corrected chi connectivity index (χ2v) is 13.0. The number of nitrogens with two attached hydrogens (primary N) is 1. The zero-order chi connectivity index (χ0) is 17.0. The summed E-state index contributed by atoms with van der Waals surface area (Å²) in [5.41, 5.74) is 10.1. The summed E-state index contributed by atoms with van der Waals surface area (Å²) in [4.78, 5) is 4.60. The topological polar surface area (TPSA) is 53.1 Å².